The summed E-state index contributed by atoms with van der Waals surface area (Å²) in [6, 6.07) is 3.08. The Hall–Kier alpha value is -2.51. The van der Waals surface area contributed by atoms with Crippen molar-refractivity contribution < 1.29 is 9.59 Å². The van der Waals surface area contributed by atoms with Gasteiger partial charge in [0.25, 0.3) is 5.56 Å². The van der Waals surface area contributed by atoms with Crippen molar-refractivity contribution in [2.24, 2.45) is 0 Å². The molecule has 0 spiro atoms. The van der Waals surface area contributed by atoms with Gasteiger partial charge in [-0.05, 0) is 18.8 Å². The van der Waals surface area contributed by atoms with Crippen LogP contribution in [-0.2, 0) is 15.0 Å². The minimum absolute atomic E-state index is 0.0438. The zero-order valence-corrected chi connectivity index (χ0v) is 12.9. The average Bonchev–Trinajstić information content (AvgIpc) is 2.48. The number of nitrogens with one attached hydrogen (secondary N) is 1. The second kappa shape index (κ2) is 5.26. The van der Waals surface area contributed by atoms with Gasteiger partial charge in [-0.2, -0.15) is 0 Å². The molecular formula is C14H11B3N4O3. The van der Waals surface area contributed by atoms with Crippen molar-refractivity contribution in [3.05, 3.63) is 28.3 Å². The molecule has 0 saturated carbocycles. The van der Waals surface area contributed by atoms with Gasteiger partial charge in [0, 0.05) is 12.1 Å². The zero-order valence-electron chi connectivity index (χ0n) is 12.9. The molecule has 2 atom stereocenters. The largest absolute Gasteiger partial charge is 0.398 e. The maximum atomic E-state index is 13.0. The lowest BCUT2D eigenvalue weighted by atomic mass is 9.56. The van der Waals surface area contributed by atoms with E-state index in [1.165, 1.54) is 13.0 Å². The molecule has 0 aliphatic carbocycles. The number of nitrogens with zero attached hydrogens (tertiary/aromatic N) is 2. The lowest BCUT2D eigenvalue weighted by Crippen LogP contribution is -2.61. The molecule has 7 nitrogen and oxygen atoms in total. The summed E-state index contributed by atoms with van der Waals surface area (Å²) < 4.78 is 0.970. The first-order valence-corrected chi connectivity index (χ1v) is 7.14. The van der Waals surface area contributed by atoms with E-state index in [1.54, 1.807) is 6.07 Å². The molecule has 1 aliphatic heterocycles. The first-order valence-electron chi connectivity index (χ1n) is 7.14. The van der Waals surface area contributed by atoms with E-state index in [1.807, 2.05) is 0 Å². The fourth-order valence-electron chi connectivity index (χ4n) is 2.93. The van der Waals surface area contributed by atoms with Crippen molar-refractivity contribution in [3.8, 4) is 0 Å². The molecule has 1 aromatic heterocycles. The number of anilines is 1. The molecule has 1 saturated heterocycles. The summed E-state index contributed by atoms with van der Waals surface area (Å²) in [5, 5.41) is 2.14. The molecule has 24 heavy (non-hydrogen) atoms. The standard InChI is InChI=1S/C14H11B3N4O3/c1-5-19-7-3-2-6(15)11(18)10(7)12(23)21(5)14(17)8(16)4-9(22)20-13(14)24/h2-3,8H,4,18H2,1H3,(H,20,22,24). The van der Waals surface area contributed by atoms with Crippen molar-refractivity contribution in [2.75, 3.05) is 5.73 Å². The smallest absolute Gasteiger partial charge is 0.263 e. The van der Waals surface area contributed by atoms with E-state index in [4.69, 9.17) is 29.3 Å². The van der Waals surface area contributed by atoms with E-state index in [0.717, 1.165) is 4.57 Å². The molecule has 0 bridgehead atoms. The summed E-state index contributed by atoms with van der Waals surface area (Å²) in [6.07, 6.45) is -0.210. The topological polar surface area (TPSA) is 107 Å². The molecule has 2 aromatic rings. The third kappa shape index (κ3) is 2.09. The molecule has 3 N–H and O–H groups in total. The molecule has 6 radical (unpaired) electrons. The zero-order chi connectivity index (χ0) is 17.8. The van der Waals surface area contributed by atoms with Gasteiger partial charge in [-0.1, -0.05) is 11.5 Å². The molecule has 2 unspecified atom stereocenters. The monoisotopic (exact) mass is 316 g/mol. The van der Waals surface area contributed by atoms with E-state index in [2.05, 4.69) is 10.3 Å². The maximum absolute atomic E-state index is 13.0. The predicted octanol–water partition coefficient (Wildman–Crippen LogP) is -2.09. The first kappa shape index (κ1) is 16.4. The van der Waals surface area contributed by atoms with Gasteiger partial charge in [0.05, 0.1) is 24.2 Å². The van der Waals surface area contributed by atoms with Gasteiger partial charge in [-0.15, -0.1) is 0 Å². The first-order chi connectivity index (χ1) is 11.2. The van der Waals surface area contributed by atoms with Gasteiger partial charge >= 0.3 is 0 Å². The third-order valence-corrected chi connectivity index (χ3v) is 4.24. The molecule has 2 amide bonds. The third-order valence-electron chi connectivity index (χ3n) is 4.24. The van der Waals surface area contributed by atoms with Crippen LogP contribution in [0.1, 0.15) is 12.2 Å². The number of aryl methyl sites for hydroxylation is 1. The Morgan fingerprint density at radius 1 is 1.38 bits per heavy atom. The molecule has 2 heterocycles. The van der Waals surface area contributed by atoms with Crippen LogP contribution in [0.3, 0.4) is 0 Å². The Kier molecular flexibility index (Phi) is 3.58. The molecule has 3 rings (SSSR count). The van der Waals surface area contributed by atoms with Crippen LogP contribution in [0, 0.1) is 6.92 Å². The number of aromatic nitrogens is 2. The Morgan fingerprint density at radius 3 is 2.67 bits per heavy atom. The van der Waals surface area contributed by atoms with Gasteiger partial charge in [0.1, 0.15) is 21.5 Å². The minimum atomic E-state index is -1.96. The Balaban J connectivity index is 2.38. The lowest BCUT2D eigenvalue weighted by molar-refractivity contribution is -0.137. The molecule has 10 heteroatoms. The minimum Gasteiger partial charge on any atom is -0.398 e. The second-order valence-corrected chi connectivity index (χ2v) is 5.78. The Labute approximate surface area is 141 Å². The number of carbonyl (C=O) groups is 2. The molecule has 1 aliphatic rings. The highest BCUT2D eigenvalue weighted by atomic mass is 16.2. The van der Waals surface area contributed by atoms with Crippen molar-refractivity contribution in [2.45, 2.75) is 24.6 Å². The number of hydrogen-bond acceptors (Lipinski definition) is 5. The van der Waals surface area contributed by atoms with Crippen molar-refractivity contribution in [1.82, 2.24) is 14.9 Å². The Bertz CT molecular complexity index is 958. The van der Waals surface area contributed by atoms with E-state index in [9.17, 15) is 14.4 Å². The summed E-state index contributed by atoms with van der Waals surface area (Å²) in [6.45, 7) is 1.51. The summed E-state index contributed by atoms with van der Waals surface area (Å²) in [7, 11) is 17.8. The van der Waals surface area contributed by atoms with Crippen molar-refractivity contribution >= 4 is 57.4 Å². The van der Waals surface area contributed by atoms with Crippen LogP contribution in [0.25, 0.3) is 10.9 Å². The average molecular weight is 316 g/mol. The van der Waals surface area contributed by atoms with Gasteiger partial charge in [-0.25, -0.2) is 4.98 Å². The number of carbonyl (C=O) groups excluding carboxylic acids is 2. The Morgan fingerprint density at radius 2 is 2.04 bits per heavy atom. The van der Waals surface area contributed by atoms with Gasteiger partial charge < -0.3 is 5.73 Å². The summed E-state index contributed by atoms with van der Waals surface area (Å²) >= 11 is 0. The molecular weight excluding hydrogens is 305 g/mol. The number of nitrogens with two attached hydrogens (primary N) is 1. The van der Waals surface area contributed by atoms with E-state index in [-0.39, 0.29) is 28.8 Å². The fourth-order valence-corrected chi connectivity index (χ4v) is 2.93. The number of rotatable bonds is 1. The van der Waals surface area contributed by atoms with Crippen LogP contribution in [-0.4, -0.2) is 44.9 Å². The predicted molar refractivity (Wildman–Crippen MR) is 91.5 cm³/mol. The highest BCUT2D eigenvalue weighted by molar-refractivity contribution is 6.37. The van der Waals surface area contributed by atoms with Crippen LogP contribution in [0.15, 0.2) is 16.9 Å². The van der Waals surface area contributed by atoms with E-state index in [0.29, 0.717) is 5.52 Å². The summed E-state index contributed by atoms with van der Waals surface area (Å²) in [4.78, 5) is 41.1. The van der Waals surface area contributed by atoms with Crippen LogP contribution in [0.4, 0.5) is 5.69 Å². The highest BCUT2D eigenvalue weighted by Gasteiger charge is 2.46. The number of benzene rings is 1. The number of nitrogen functional groups attached to an aromatic ring is 1. The quantitative estimate of drug-likeness (QED) is 0.356. The maximum Gasteiger partial charge on any atom is 0.263 e. The number of hydrogen-bond donors (Lipinski definition) is 2. The van der Waals surface area contributed by atoms with Crippen molar-refractivity contribution in [1.29, 1.82) is 0 Å². The molecule has 1 fully saturated rings. The van der Waals surface area contributed by atoms with E-state index >= 15 is 0 Å². The van der Waals surface area contributed by atoms with Crippen LogP contribution in [0.5, 0.6) is 0 Å². The van der Waals surface area contributed by atoms with Crippen LogP contribution >= 0.6 is 0 Å². The van der Waals surface area contributed by atoms with Crippen molar-refractivity contribution in [3.63, 3.8) is 0 Å². The van der Waals surface area contributed by atoms with Crippen LogP contribution < -0.4 is 22.1 Å². The SMILES string of the molecule is [B]c1ccc2nc(C)n(C3([B])C(=O)NC(=O)CC3[B])c(=O)c2c1N. The second-order valence-electron chi connectivity index (χ2n) is 5.78. The number of piperidine rings is 1. The van der Waals surface area contributed by atoms with Crippen LogP contribution in [0.2, 0.25) is 5.82 Å². The summed E-state index contributed by atoms with van der Waals surface area (Å²) in [5.74, 6) is -2.37. The number of amides is 2. The number of fused-ring (bicyclic) bond motifs is 1. The van der Waals surface area contributed by atoms with E-state index < -0.39 is 28.6 Å². The fraction of sp³-hybridized carbons (Fsp3) is 0.286. The van der Waals surface area contributed by atoms with Gasteiger partial charge in [-0.3, -0.25) is 24.3 Å². The molecule has 1 aromatic carbocycles. The van der Waals surface area contributed by atoms with Gasteiger partial charge in [0.15, 0.2) is 0 Å². The number of imide groups is 1. The molecule has 114 valence electrons. The lowest BCUT2D eigenvalue weighted by Gasteiger charge is -2.40. The summed E-state index contributed by atoms with van der Waals surface area (Å²) in [5.41, 5.74) is 3.86. The van der Waals surface area contributed by atoms with Gasteiger partial charge in [0.2, 0.25) is 11.8 Å². The highest BCUT2D eigenvalue weighted by Crippen LogP contribution is 2.32. The normalized spacial score (nSPS) is 24.1.